The van der Waals surface area contributed by atoms with Gasteiger partial charge in [-0.05, 0) is 46.5 Å². The van der Waals surface area contributed by atoms with E-state index in [4.69, 9.17) is 0 Å². The number of hydrogen-bond acceptors (Lipinski definition) is 7. The fourth-order valence-electron chi connectivity index (χ4n) is 3.60. The van der Waals surface area contributed by atoms with E-state index >= 15 is 0 Å². The van der Waals surface area contributed by atoms with Gasteiger partial charge in [-0.25, -0.2) is 14.6 Å². The van der Waals surface area contributed by atoms with Gasteiger partial charge in [-0.15, -0.1) is 5.53 Å². The van der Waals surface area contributed by atoms with Gasteiger partial charge in [0.15, 0.2) is 0 Å². The summed E-state index contributed by atoms with van der Waals surface area (Å²) in [5.74, 6) is -3.22. The number of amides is 1. The fraction of sp³-hybridized carbons (Fsp3) is 0.167. The second kappa shape index (κ2) is 6.02. The number of rotatable bonds is 2. The second-order valence-electron chi connectivity index (χ2n) is 6.53. The maximum Gasteiger partial charge on any atom is 0.336 e. The summed E-state index contributed by atoms with van der Waals surface area (Å²) in [4.78, 5) is 34.6. The van der Waals surface area contributed by atoms with E-state index < -0.39 is 35.3 Å². The van der Waals surface area contributed by atoms with Gasteiger partial charge in [0, 0.05) is 6.92 Å². The van der Waals surface area contributed by atoms with Crippen LogP contribution in [-0.2, 0) is 4.79 Å². The Morgan fingerprint density at radius 3 is 1.79 bits per heavy atom. The third kappa shape index (κ3) is 2.43. The van der Waals surface area contributed by atoms with Crippen LogP contribution in [0.5, 0.6) is 0 Å². The monoisotopic (exact) mass is 385 g/mol. The van der Waals surface area contributed by atoms with Crippen molar-refractivity contribution in [2.45, 2.75) is 19.1 Å². The van der Waals surface area contributed by atoms with Crippen molar-refractivity contribution < 1.29 is 34.8 Å². The predicted octanol–water partition coefficient (Wildman–Crippen LogP) is 0.758. The zero-order valence-corrected chi connectivity index (χ0v) is 14.4. The minimum Gasteiger partial charge on any atom is -0.478 e. The number of nitrogens with one attached hydrogen (secondary N) is 2. The number of carboxylic acids is 2. The van der Waals surface area contributed by atoms with Crippen LogP contribution in [0.2, 0.25) is 0 Å². The third-order valence-electron chi connectivity index (χ3n) is 4.92. The highest BCUT2D eigenvalue weighted by Gasteiger charge is 2.35. The van der Waals surface area contributed by atoms with Gasteiger partial charge in [0.1, 0.15) is 12.2 Å². The molecular weight excluding hydrogens is 370 g/mol. The Balaban J connectivity index is 1.92. The minimum atomic E-state index is -1.46. The number of hydrazine groups is 2. The van der Waals surface area contributed by atoms with Crippen LogP contribution in [0.3, 0.4) is 0 Å². The molecule has 10 nitrogen and oxygen atoms in total. The van der Waals surface area contributed by atoms with E-state index in [0.29, 0.717) is 16.9 Å². The molecule has 1 heterocycles. The SMILES string of the molecule is CC(=O)N1NNc2cc3c(cc21)C(O)c1cc(C(=O)O)c(C(=O)O)cc1C3O. The van der Waals surface area contributed by atoms with E-state index in [1.165, 1.54) is 18.0 Å². The third-order valence-corrected chi connectivity index (χ3v) is 4.92. The molecule has 2 aromatic carbocycles. The number of nitrogens with zero attached hydrogens (tertiary/aromatic N) is 1. The summed E-state index contributed by atoms with van der Waals surface area (Å²) in [6.45, 7) is 1.34. The molecule has 10 heteroatoms. The molecule has 0 saturated carbocycles. The summed E-state index contributed by atoms with van der Waals surface area (Å²) >= 11 is 0. The molecule has 4 rings (SSSR count). The lowest BCUT2D eigenvalue weighted by Gasteiger charge is -2.30. The van der Waals surface area contributed by atoms with Crippen molar-refractivity contribution in [1.82, 2.24) is 5.53 Å². The van der Waals surface area contributed by atoms with E-state index in [2.05, 4.69) is 11.0 Å². The normalized spacial score (nSPS) is 19.3. The smallest absolute Gasteiger partial charge is 0.336 e. The number of anilines is 2. The van der Waals surface area contributed by atoms with Crippen molar-refractivity contribution in [3.63, 3.8) is 0 Å². The molecule has 0 fully saturated rings. The molecule has 0 saturated heterocycles. The van der Waals surface area contributed by atoms with Crippen LogP contribution >= 0.6 is 0 Å². The lowest BCUT2D eigenvalue weighted by Crippen LogP contribution is -2.39. The Morgan fingerprint density at radius 2 is 1.32 bits per heavy atom. The van der Waals surface area contributed by atoms with E-state index in [-0.39, 0.29) is 22.6 Å². The van der Waals surface area contributed by atoms with Crippen molar-refractivity contribution in [1.29, 1.82) is 0 Å². The zero-order valence-electron chi connectivity index (χ0n) is 14.4. The summed E-state index contributed by atoms with van der Waals surface area (Å²) in [5, 5.41) is 41.5. The second-order valence-corrected chi connectivity index (χ2v) is 6.53. The van der Waals surface area contributed by atoms with E-state index in [0.717, 1.165) is 12.1 Å². The first-order valence-corrected chi connectivity index (χ1v) is 8.21. The number of carboxylic acid groups (broad SMARTS) is 2. The first-order valence-electron chi connectivity index (χ1n) is 8.21. The molecule has 1 aliphatic heterocycles. The van der Waals surface area contributed by atoms with Gasteiger partial charge in [0.25, 0.3) is 0 Å². The number of benzene rings is 2. The largest absolute Gasteiger partial charge is 0.478 e. The maximum atomic E-state index is 11.7. The molecule has 2 atom stereocenters. The summed E-state index contributed by atoms with van der Waals surface area (Å²) in [6.07, 6.45) is -2.60. The Hall–Kier alpha value is -3.47. The van der Waals surface area contributed by atoms with Gasteiger partial charge < -0.3 is 25.9 Å². The average Bonchev–Trinajstić information content (AvgIpc) is 3.07. The summed E-state index contributed by atoms with van der Waals surface area (Å²) in [7, 11) is 0. The van der Waals surface area contributed by atoms with E-state index in [1.54, 1.807) is 6.07 Å². The van der Waals surface area contributed by atoms with Crippen LogP contribution < -0.4 is 16.0 Å². The number of fused-ring (bicyclic) bond motifs is 3. The van der Waals surface area contributed by atoms with Crippen molar-refractivity contribution in [3.05, 3.63) is 57.6 Å². The van der Waals surface area contributed by atoms with Crippen molar-refractivity contribution >= 4 is 29.2 Å². The Labute approximate surface area is 157 Å². The molecule has 0 radical (unpaired) electrons. The molecular formula is C18H15N3O7. The van der Waals surface area contributed by atoms with Gasteiger partial charge in [-0.2, -0.15) is 0 Å². The van der Waals surface area contributed by atoms with Gasteiger partial charge in [-0.1, -0.05) is 0 Å². The van der Waals surface area contributed by atoms with Crippen LogP contribution in [0.25, 0.3) is 0 Å². The Kier molecular flexibility index (Phi) is 3.85. The number of carbonyl (C=O) groups is 3. The standard InChI is InChI=1S/C18H15N3O7/c1-6(22)21-14-5-10-9(4-13(14)19-20-21)15(23)7-2-11(17(25)26)12(18(27)28)3-8(7)16(10)24/h2-5,15-16,19-20,23-24H,1H3,(H,25,26)(H,27,28). The zero-order chi connectivity index (χ0) is 20.3. The molecule has 1 aliphatic carbocycles. The van der Waals surface area contributed by atoms with Crippen LogP contribution in [0.1, 0.15) is 62.1 Å². The molecule has 0 aromatic heterocycles. The van der Waals surface area contributed by atoms with Gasteiger partial charge in [0.05, 0.1) is 22.5 Å². The Bertz CT molecular complexity index is 1070. The van der Waals surface area contributed by atoms with Gasteiger partial charge in [0.2, 0.25) is 5.91 Å². The highest BCUT2D eigenvalue weighted by molar-refractivity contribution is 6.02. The van der Waals surface area contributed by atoms with Gasteiger partial charge in [-0.3, -0.25) is 4.79 Å². The first kappa shape index (κ1) is 17.9. The quantitative estimate of drug-likeness (QED) is 0.438. The van der Waals surface area contributed by atoms with Crippen molar-refractivity contribution in [2.24, 2.45) is 0 Å². The molecule has 144 valence electrons. The van der Waals surface area contributed by atoms with Crippen molar-refractivity contribution in [3.8, 4) is 0 Å². The molecule has 6 N–H and O–H groups in total. The molecule has 28 heavy (non-hydrogen) atoms. The predicted molar refractivity (Wildman–Crippen MR) is 94.8 cm³/mol. The number of aliphatic hydroxyl groups excluding tert-OH is 2. The van der Waals surface area contributed by atoms with E-state index in [1.807, 2.05) is 0 Å². The number of carbonyl (C=O) groups excluding carboxylic acids is 1. The average molecular weight is 385 g/mol. The minimum absolute atomic E-state index is 0.0932. The lowest BCUT2D eigenvalue weighted by atomic mass is 9.79. The topological polar surface area (TPSA) is 159 Å². The lowest BCUT2D eigenvalue weighted by molar-refractivity contribution is -0.117. The van der Waals surface area contributed by atoms with E-state index in [9.17, 15) is 34.8 Å². The highest BCUT2D eigenvalue weighted by atomic mass is 16.4. The van der Waals surface area contributed by atoms with Crippen molar-refractivity contribution in [2.75, 3.05) is 10.4 Å². The van der Waals surface area contributed by atoms with Crippen LogP contribution in [0.4, 0.5) is 11.4 Å². The van der Waals surface area contributed by atoms with Crippen LogP contribution in [0, 0.1) is 0 Å². The fourth-order valence-corrected chi connectivity index (χ4v) is 3.60. The van der Waals surface area contributed by atoms with Gasteiger partial charge >= 0.3 is 11.9 Å². The molecule has 2 unspecified atom stereocenters. The first-order chi connectivity index (χ1) is 13.2. The number of aromatic carboxylic acids is 2. The highest BCUT2D eigenvalue weighted by Crippen LogP contribution is 2.46. The Morgan fingerprint density at radius 1 is 0.857 bits per heavy atom. The maximum absolute atomic E-state index is 11.7. The molecule has 2 aromatic rings. The molecule has 2 aliphatic rings. The summed E-state index contributed by atoms with van der Waals surface area (Å²) < 4.78 is 0. The van der Waals surface area contributed by atoms with Crippen LogP contribution in [0.15, 0.2) is 24.3 Å². The molecule has 0 bridgehead atoms. The summed E-state index contributed by atoms with van der Waals surface area (Å²) in [6, 6.07) is 5.19. The summed E-state index contributed by atoms with van der Waals surface area (Å²) in [5.41, 5.74) is 6.20. The number of aliphatic hydroxyl groups is 2. The van der Waals surface area contributed by atoms with Crippen LogP contribution in [-0.4, -0.2) is 38.3 Å². The molecule has 0 spiro atoms. The molecule has 1 amide bonds. The number of hydrogen-bond donors (Lipinski definition) is 6.